The monoisotopic (exact) mass is 204 g/mol. The van der Waals surface area contributed by atoms with Crippen LogP contribution in [0.4, 0.5) is 0 Å². The number of hydrogen-bond donors (Lipinski definition) is 0. The van der Waals surface area contributed by atoms with E-state index in [1.807, 2.05) is 0 Å². The lowest BCUT2D eigenvalue weighted by Gasteiger charge is -2.11. The topological polar surface area (TPSA) is 95.8 Å². The van der Waals surface area contributed by atoms with Crippen LogP contribution in [0, 0.1) is 9.81 Å². The fraction of sp³-hybridized carbons (Fsp3) is 1.00. The molecule has 0 unspecified atom stereocenters. The molecule has 0 aromatic rings. The highest BCUT2D eigenvalue weighted by atomic mass is 16.8. The van der Waals surface area contributed by atoms with Crippen molar-refractivity contribution in [3.63, 3.8) is 0 Å². The first-order valence-corrected chi connectivity index (χ1v) is 4.07. The molecular weight excluding hydrogens is 196 g/mol. The van der Waals surface area contributed by atoms with E-state index < -0.39 is 24.4 Å². The van der Waals surface area contributed by atoms with Crippen LogP contribution in [0.5, 0.6) is 0 Å². The van der Waals surface area contributed by atoms with Crippen LogP contribution in [0.2, 0.25) is 0 Å². The molecule has 78 valence electrons. The molecule has 2 fully saturated rings. The van der Waals surface area contributed by atoms with Gasteiger partial charge in [-0.05, 0) is 0 Å². The van der Waals surface area contributed by atoms with Gasteiger partial charge in [-0.2, -0.15) is 0 Å². The molecule has 0 amide bonds. The Labute approximate surface area is 78.3 Å². The zero-order chi connectivity index (χ0) is 9.97. The highest BCUT2D eigenvalue weighted by molar-refractivity contribution is 4.95. The third-order valence-corrected chi connectivity index (χ3v) is 2.32. The average Bonchev–Trinajstić information content (AvgIpc) is 2.72. The van der Waals surface area contributed by atoms with Gasteiger partial charge in [0.05, 0.1) is 13.2 Å². The maximum absolute atomic E-state index is 9.87. The van der Waals surface area contributed by atoms with Crippen LogP contribution in [-0.4, -0.2) is 37.6 Å². The summed E-state index contributed by atoms with van der Waals surface area (Å²) in [6.45, 7) is 0.388. The Hall–Kier alpha value is -1.28. The van der Waals surface area contributed by atoms with Crippen LogP contribution < -0.4 is 0 Å². The van der Waals surface area contributed by atoms with Gasteiger partial charge >= 0.3 is 0 Å². The summed E-state index contributed by atoms with van der Waals surface area (Å²) in [5.41, 5.74) is 0. The van der Waals surface area contributed by atoms with Gasteiger partial charge in [0.1, 0.15) is 12.2 Å². The quantitative estimate of drug-likeness (QED) is 0.469. The van der Waals surface area contributed by atoms with Crippen molar-refractivity contribution in [3.8, 4) is 0 Å². The van der Waals surface area contributed by atoms with Gasteiger partial charge < -0.3 is 19.1 Å². The van der Waals surface area contributed by atoms with Gasteiger partial charge in [0, 0.05) is 0 Å². The van der Waals surface area contributed by atoms with Gasteiger partial charge in [0.25, 0.3) is 0 Å². The summed E-state index contributed by atoms with van der Waals surface area (Å²) < 4.78 is 10.5. The molecule has 8 nitrogen and oxygen atoms in total. The Morgan fingerprint density at radius 3 is 1.71 bits per heavy atom. The highest BCUT2D eigenvalue weighted by Crippen LogP contribution is 2.30. The molecule has 2 aliphatic rings. The first-order valence-electron chi connectivity index (χ1n) is 4.07. The highest BCUT2D eigenvalue weighted by Gasteiger charge is 2.51. The fourth-order valence-electron chi connectivity index (χ4n) is 1.72. The average molecular weight is 204 g/mol. The normalized spacial score (nSPS) is 40.3. The minimum atomic E-state index is -0.530. The van der Waals surface area contributed by atoms with Crippen molar-refractivity contribution in [1.82, 2.24) is 0 Å². The van der Waals surface area contributed by atoms with Crippen LogP contribution in [0.25, 0.3) is 0 Å². The standard InChI is InChI=1S/C6H8N2O6/c9-7-13-3-1-11-6-4(14-8-10)2-12-5(3)6/h3-6H,1-2H2/t3-,4+,5-,6-/m1/s1. The summed E-state index contributed by atoms with van der Waals surface area (Å²) in [5, 5.41) is 4.63. The van der Waals surface area contributed by atoms with E-state index in [4.69, 9.17) is 9.47 Å². The lowest BCUT2D eigenvalue weighted by Crippen LogP contribution is -2.32. The van der Waals surface area contributed by atoms with Gasteiger partial charge in [-0.1, -0.05) is 0 Å². The number of hydrogen-bond acceptors (Lipinski definition) is 8. The van der Waals surface area contributed by atoms with Gasteiger partial charge in [-0.25, -0.2) is 0 Å². The molecule has 4 atom stereocenters. The van der Waals surface area contributed by atoms with Gasteiger partial charge in [0.2, 0.25) is 0 Å². The Morgan fingerprint density at radius 2 is 1.36 bits per heavy atom. The number of ether oxygens (including phenoxy) is 2. The van der Waals surface area contributed by atoms with E-state index in [0.29, 0.717) is 0 Å². The molecule has 0 radical (unpaired) electrons. The molecular formula is C6H8N2O6. The smallest absolute Gasteiger partial charge is 0.182 e. The van der Waals surface area contributed by atoms with Crippen LogP contribution in [-0.2, 0) is 19.1 Å². The van der Waals surface area contributed by atoms with Crippen molar-refractivity contribution in [2.75, 3.05) is 13.2 Å². The Balaban J connectivity index is 1.96. The Bertz CT molecular complexity index is 212. The van der Waals surface area contributed by atoms with Crippen LogP contribution in [0.15, 0.2) is 10.7 Å². The maximum atomic E-state index is 9.87. The zero-order valence-electron chi connectivity index (χ0n) is 7.07. The van der Waals surface area contributed by atoms with Gasteiger partial charge in [-0.15, -0.1) is 9.81 Å². The van der Waals surface area contributed by atoms with Gasteiger partial charge in [-0.3, -0.25) is 0 Å². The first-order chi connectivity index (χ1) is 6.86. The van der Waals surface area contributed by atoms with Crippen molar-refractivity contribution in [1.29, 1.82) is 0 Å². The van der Waals surface area contributed by atoms with E-state index in [0.717, 1.165) is 0 Å². The predicted octanol–water partition coefficient (Wildman–Crippen LogP) is -0.0828. The summed E-state index contributed by atoms with van der Waals surface area (Å²) >= 11 is 0. The van der Waals surface area contributed by atoms with E-state index in [9.17, 15) is 9.81 Å². The number of rotatable bonds is 4. The van der Waals surface area contributed by atoms with E-state index in [1.165, 1.54) is 0 Å². The lowest BCUT2D eigenvalue weighted by atomic mass is 10.1. The first kappa shape index (κ1) is 9.28. The van der Waals surface area contributed by atoms with Crippen LogP contribution in [0.1, 0.15) is 0 Å². The third-order valence-electron chi connectivity index (χ3n) is 2.32. The summed E-state index contributed by atoms with van der Waals surface area (Å²) in [4.78, 5) is 28.7. The number of nitrogens with zero attached hydrogens (tertiary/aromatic N) is 2. The second-order valence-electron chi connectivity index (χ2n) is 3.03. The van der Waals surface area contributed by atoms with E-state index in [-0.39, 0.29) is 13.2 Å². The van der Waals surface area contributed by atoms with Crippen molar-refractivity contribution in [3.05, 3.63) is 9.81 Å². The van der Waals surface area contributed by atoms with Crippen molar-refractivity contribution in [2.45, 2.75) is 24.4 Å². The molecule has 2 rings (SSSR count). The van der Waals surface area contributed by atoms with Crippen molar-refractivity contribution in [2.24, 2.45) is 10.7 Å². The van der Waals surface area contributed by atoms with E-state index in [1.54, 1.807) is 0 Å². The summed E-state index contributed by atoms with van der Waals surface area (Å²) in [6, 6.07) is 0. The van der Waals surface area contributed by atoms with E-state index >= 15 is 0 Å². The molecule has 0 aromatic carbocycles. The SMILES string of the molecule is O=NO[C@H]1CO[C@H]2[C@@H]1OC[C@H]2ON=O. The molecule has 14 heavy (non-hydrogen) atoms. The molecule has 8 heteroatoms. The molecule has 2 aliphatic heterocycles. The zero-order valence-corrected chi connectivity index (χ0v) is 7.07. The van der Waals surface area contributed by atoms with E-state index in [2.05, 4.69) is 20.4 Å². The minimum Gasteiger partial charge on any atom is -0.367 e. The Morgan fingerprint density at radius 1 is 0.929 bits per heavy atom. The van der Waals surface area contributed by atoms with Crippen molar-refractivity contribution >= 4 is 0 Å². The maximum Gasteiger partial charge on any atom is 0.182 e. The molecule has 0 spiro atoms. The third kappa shape index (κ3) is 1.42. The van der Waals surface area contributed by atoms with Crippen LogP contribution >= 0.6 is 0 Å². The lowest BCUT2D eigenvalue weighted by molar-refractivity contribution is -0.0505. The molecule has 0 saturated carbocycles. The molecule has 2 heterocycles. The minimum absolute atomic E-state index is 0.194. The summed E-state index contributed by atoms with van der Waals surface area (Å²) in [5.74, 6) is 0. The number of fused-ring (bicyclic) bond motifs is 1. The molecule has 0 aliphatic carbocycles. The summed E-state index contributed by atoms with van der Waals surface area (Å²) in [6.07, 6.45) is -1.89. The molecule has 0 N–H and O–H groups in total. The summed E-state index contributed by atoms with van der Waals surface area (Å²) in [7, 11) is 0. The predicted molar refractivity (Wildman–Crippen MR) is 40.8 cm³/mol. The second-order valence-corrected chi connectivity index (χ2v) is 3.03. The Kier molecular flexibility index (Phi) is 2.55. The van der Waals surface area contributed by atoms with Crippen molar-refractivity contribution < 1.29 is 19.1 Å². The fourth-order valence-corrected chi connectivity index (χ4v) is 1.72. The largest absolute Gasteiger partial charge is 0.367 e. The van der Waals surface area contributed by atoms with Crippen LogP contribution in [0.3, 0.4) is 0 Å². The molecule has 2 saturated heterocycles. The second kappa shape index (κ2) is 3.84. The molecule has 0 aromatic heterocycles. The molecule has 0 bridgehead atoms. The van der Waals surface area contributed by atoms with Gasteiger partial charge in [0.15, 0.2) is 22.9 Å².